The van der Waals surface area contributed by atoms with Gasteiger partial charge in [-0.25, -0.2) is 0 Å². The molecule has 90 valence electrons. The van der Waals surface area contributed by atoms with E-state index in [-0.39, 0.29) is 6.10 Å². The van der Waals surface area contributed by atoms with Crippen LogP contribution in [0.2, 0.25) is 0 Å². The number of aliphatic hydroxyl groups is 1. The van der Waals surface area contributed by atoms with E-state index in [1.807, 2.05) is 6.08 Å². The Labute approximate surface area is 95.6 Å². The molecule has 0 amide bonds. The molecule has 0 rings (SSSR count). The van der Waals surface area contributed by atoms with Crippen LogP contribution in [0.3, 0.4) is 0 Å². The molecule has 1 unspecified atom stereocenters. The summed E-state index contributed by atoms with van der Waals surface area (Å²) in [4.78, 5) is 0. The van der Waals surface area contributed by atoms with E-state index >= 15 is 0 Å². The highest BCUT2D eigenvalue weighted by molar-refractivity contribution is 4.88. The van der Waals surface area contributed by atoms with Crippen LogP contribution in [0.15, 0.2) is 12.2 Å². The Hall–Kier alpha value is -0.300. The lowest BCUT2D eigenvalue weighted by molar-refractivity contribution is 0.208. The van der Waals surface area contributed by atoms with Crippen LogP contribution in [0, 0.1) is 0 Å². The molecule has 1 atom stereocenters. The van der Waals surface area contributed by atoms with Gasteiger partial charge in [-0.15, -0.1) is 0 Å². The van der Waals surface area contributed by atoms with E-state index in [0.717, 1.165) is 19.3 Å². The molecule has 0 aromatic carbocycles. The second-order valence-electron chi connectivity index (χ2n) is 4.34. The van der Waals surface area contributed by atoms with Crippen molar-refractivity contribution in [3.63, 3.8) is 0 Å². The Morgan fingerprint density at radius 2 is 1.60 bits per heavy atom. The lowest BCUT2D eigenvalue weighted by atomic mass is 10.1. The topological polar surface area (TPSA) is 20.2 Å². The van der Waals surface area contributed by atoms with Gasteiger partial charge in [0.1, 0.15) is 0 Å². The molecule has 0 aliphatic carbocycles. The van der Waals surface area contributed by atoms with Crippen LogP contribution < -0.4 is 0 Å². The summed E-state index contributed by atoms with van der Waals surface area (Å²) < 4.78 is 0. The van der Waals surface area contributed by atoms with Crippen molar-refractivity contribution >= 4 is 0 Å². The maximum Gasteiger partial charge on any atom is 0.0720 e. The lowest BCUT2D eigenvalue weighted by Gasteiger charge is -2.03. The Morgan fingerprint density at radius 3 is 2.27 bits per heavy atom. The molecule has 0 saturated heterocycles. The van der Waals surface area contributed by atoms with Crippen molar-refractivity contribution in [2.45, 2.75) is 77.7 Å². The van der Waals surface area contributed by atoms with Crippen molar-refractivity contribution in [2.24, 2.45) is 0 Å². The maximum absolute atomic E-state index is 9.59. The summed E-state index contributed by atoms with van der Waals surface area (Å²) in [6, 6.07) is 0. The van der Waals surface area contributed by atoms with Gasteiger partial charge >= 0.3 is 0 Å². The van der Waals surface area contributed by atoms with Gasteiger partial charge in [0.05, 0.1) is 6.10 Å². The minimum absolute atomic E-state index is 0.206. The number of hydrogen-bond donors (Lipinski definition) is 1. The normalized spacial score (nSPS) is 13.5. The molecule has 1 nitrogen and oxygen atoms in total. The molecule has 0 heterocycles. The van der Waals surface area contributed by atoms with Crippen molar-refractivity contribution < 1.29 is 5.11 Å². The Morgan fingerprint density at radius 1 is 0.933 bits per heavy atom. The summed E-state index contributed by atoms with van der Waals surface area (Å²) in [7, 11) is 0. The number of rotatable bonds is 10. The predicted octanol–water partition coefficient (Wildman–Crippen LogP) is 4.45. The van der Waals surface area contributed by atoms with Crippen molar-refractivity contribution in [3.8, 4) is 0 Å². The molecule has 0 radical (unpaired) electrons. The summed E-state index contributed by atoms with van der Waals surface area (Å²) in [5.41, 5.74) is 0. The first-order valence-electron chi connectivity index (χ1n) is 6.66. The van der Waals surface area contributed by atoms with Gasteiger partial charge in [-0.1, -0.05) is 64.5 Å². The van der Waals surface area contributed by atoms with Gasteiger partial charge in [0.25, 0.3) is 0 Å². The molecule has 0 aliphatic heterocycles. The average Bonchev–Trinajstić information content (AvgIpc) is 2.23. The largest absolute Gasteiger partial charge is 0.389 e. The molecular weight excluding hydrogens is 184 g/mol. The van der Waals surface area contributed by atoms with Crippen molar-refractivity contribution in [3.05, 3.63) is 12.2 Å². The van der Waals surface area contributed by atoms with Crippen molar-refractivity contribution in [2.75, 3.05) is 0 Å². The van der Waals surface area contributed by atoms with Gasteiger partial charge in [-0.05, 0) is 19.3 Å². The Kier molecular flexibility index (Phi) is 11.5. The molecule has 0 fully saturated rings. The van der Waals surface area contributed by atoms with Crippen molar-refractivity contribution in [1.82, 2.24) is 0 Å². The molecule has 1 heteroatoms. The van der Waals surface area contributed by atoms with E-state index in [9.17, 15) is 5.11 Å². The molecule has 0 aromatic heterocycles. The third-order valence-corrected chi connectivity index (χ3v) is 2.69. The number of hydrogen-bond acceptors (Lipinski definition) is 1. The second kappa shape index (κ2) is 11.8. The van der Waals surface area contributed by atoms with Crippen LogP contribution in [0.4, 0.5) is 0 Å². The van der Waals surface area contributed by atoms with Gasteiger partial charge in [0.15, 0.2) is 0 Å². The third kappa shape index (κ3) is 11.6. The molecule has 0 aliphatic rings. The molecule has 0 aromatic rings. The van der Waals surface area contributed by atoms with Gasteiger partial charge in [-0.3, -0.25) is 0 Å². The van der Waals surface area contributed by atoms with E-state index in [0.29, 0.717) is 0 Å². The SMILES string of the molecule is CCCCCC/C=C/C(O)CCCCC. The first kappa shape index (κ1) is 14.7. The molecule has 1 N–H and O–H groups in total. The van der Waals surface area contributed by atoms with Gasteiger partial charge in [-0.2, -0.15) is 0 Å². The Bertz CT molecular complexity index is 140. The number of unbranched alkanes of at least 4 members (excludes halogenated alkanes) is 6. The van der Waals surface area contributed by atoms with Crippen LogP contribution in [0.5, 0.6) is 0 Å². The van der Waals surface area contributed by atoms with E-state index in [1.54, 1.807) is 0 Å². The standard InChI is InChI=1S/C14H28O/c1-3-5-7-8-9-11-13-14(15)12-10-6-4-2/h11,13-15H,3-10,12H2,1-2H3/b13-11+. The van der Waals surface area contributed by atoms with Gasteiger partial charge in [0.2, 0.25) is 0 Å². The quantitative estimate of drug-likeness (QED) is 0.419. The second-order valence-corrected chi connectivity index (χ2v) is 4.34. The highest BCUT2D eigenvalue weighted by atomic mass is 16.3. The summed E-state index contributed by atoms with van der Waals surface area (Å²) >= 11 is 0. The smallest absolute Gasteiger partial charge is 0.0720 e. The van der Waals surface area contributed by atoms with Gasteiger partial charge < -0.3 is 5.11 Å². The van der Waals surface area contributed by atoms with Crippen LogP contribution in [0.25, 0.3) is 0 Å². The van der Waals surface area contributed by atoms with Crippen LogP contribution in [-0.2, 0) is 0 Å². The van der Waals surface area contributed by atoms with Crippen LogP contribution in [-0.4, -0.2) is 11.2 Å². The molecule has 15 heavy (non-hydrogen) atoms. The highest BCUT2D eigenvalue weighted by Crippen LogP contribution is 2.06. The first-order valence-corrected chi connectivity index (χ1v) is 6.66. The summed E-state index contributed by atoms with van der Waals surface area (Å²) in [5.74, 6) is 0. The minimum Gasteiger partial charge on any atom is -0.389 e. The summed E-state index contributed by atoms with van der Waals surface area (Å²) in [5, 5.41) is 9.59. The van der Waals surface area contributed by atoms with Crippen LogP contribution in [0.1, 0.15) is 71.6 Å². The minimum atomic E-state index is -0.206. The van der Waals surface area contributed by atoms with E-state index in [2.05, 4.69) is 19.9 Å². The molecule has 0 spiro atoms. The Balaban J connectivity index is 3.25. The summed E-state index contributed by atoms with van der Waals surface area (Å²) in [6.45, 7) is 4.42. The van der Waals surface area contributed by atoms with Crippen LogP contribution >= 0.6 is 0 Å². The fourth-order valence-corrected chi connectivity index (χ4v) is 1.64. The molecule has 0 saturated carbocycles. The fourth-order valence-electron chi connectivity index (χ4n) is 1.64. The molecule has 0 bridgehead atoms. The zero-order chi connectivity index (χ0) is 11.4. The number of allylic oxidation sites excluding steroid dienone is 1. The maximum atomic E-state index is 9.59. The lowest BCUT2D eigenvalue weighted by Crippen LogP contribution is -2.01. The van der Waals surface area contributed by atoms with Gasteiger partial charge in [0, 0.05) is 0 Å². The fraction of sp³-hybridized carbons (Fsp3) is 0.857. The predicted molar refractivity (Wildman–Crippen MR) is 68.0 cm³/mol. The zero-order valence-electron chi connectivity index (χ0n) is 10.5. The average molecular weight is 212 g/mol. The highest BCUT2D eigenvalue weighted by Gasteiger charge is 1.97. The van der Waals surface area contributed by atoms with E-state index in [4.69, 9.17) is 0 Å². The first-order chi connectivity index (χ1) is 7.31. The summed E-state index contributed by atoms with van der Waals surface area (Å²) in [6.07, 6.45) is 14.8. The zero-order valence-corrected chi connectivity index (χ0v) is 10.5. The van der Waals surface area contributed by atoms with E-state index in [1.165, 1.54) is 38.5 Å². The molecular formula is C14H28O. The third-order valence-electron chi connectivity index (χ3n) is 2.69. The monoisotopic (exact) mass is 212 g/mol. The van der Waals surface area contributed by atoms with E-state index < -0.39 is 0 Å². The van der Waals surface area contributed by atoms with Crippen molar-refractivity contribution in [1.29, 1.82) is 0 Å². The number of aliphatic hydroxyl groups excluding tert-OH is 1.